The molecule has 9 heteroatoms. The maximum absolute atomic E-state index is 13.1. The number of amides is 2. The maximum atomic E-state index is 13.1. The first-order valence-electron chi connectivity index (χ1n) is 8.26. The molecule has 150 valence electrons. The van der Waals surface area contributed by atoms with Gasteiger partial charge in [-0.3, -0.25) is 9.59 Å². The Morgan fingerprint density at radius 3 is 2.61 bits per heavy atom. The van der Waals surface area contributed by atoms with Crippen molar-refractivity contribution in [2.24, 2.45) is 0 Å². The fourth-order valence-corrected chi connectivity index (χ4v) is 2.93. The summed E-state index contributed by atoms with van der Waals surface area (Å²) in [5.74, 6) is -1.17. The minimum absolute atomic E-state index is 0.123. The van der Waals surface area contributed by atoms with Crippen LogP contribution in [0.1, 0.15) is 10.4 Å². The Hall–Kier alpha value is -2.65. The van der Waals surface area contributed by atoms with Crippen LogP contribution >= 0.6 is 11.3 Å². The molecule has 0 saturated heterocycles. The molecule has 0 atom stereocenters. The van der Waals surface area contributed by atoms with E-state index in [1.165, 1.54) is 47.6 Å². The van der Waals surface area contributed by atoms with E-state index in [4.69, 9.17) is 4.74 Å². The highest BCUT2D eigenvalue weighted by molar-refractivity contribution is 7.10. The number of halogens is 3. The molecule has 1 aromatic carbocycles. The molecule has 5 nitrogen and oxygen atoms in total. The van der Waals surface area contributed by atoms with Crippen LogP contribution in [-0.4, -0.2) is 43.5 Å². The monoisotopic (exact) mass is 412 g/mol. The number of ether oxygens (including phenoxy) is 1. The van der Waals surface area contributed by atoms with Crippen LogP contribution < -0.4 is 5.32 Å². The van der Waals surface area contributed by atoms with Crippen LogP contribution in [0.15, 0.2) is 47.9 Å². The third-order valence-corrected chi connectivity index (χ3v) is 4.49. The number of hydrogen-bond donors (Lipinski definition) is 1. The van der Waals surface area contributed by atoms with Crippen LogP contribution in [0.2, 0.25) is 0 Å². The standard InChI is InChI=1S/C19H19F3N2O3S/c1-27-11-10-24(18(26)9-8-14-5-4-12-28-14)13-17(25)23-16-7-3-2-6-15(16)19(20,21)22/h2-9,12H,10-11,13H2,1H3,(H,23,25). The van der Waals surface area contributed by atoms with Gasteiger partial charge in [0.05, 0.1) is 17.9 Å². The molecule has 0 aliphatic rings. The summed E-state index contributed by atoms with van der Waals surface area (Å²) in [6, 6.07) is 8.34. The zero-order chi connectivity index (χ0) is 20.6. The van der Waals surface area contributed by atoms with E-state index >= 15 is 0 Å². The van der Waals surface area contributed by atoms with Gasteiger partial charge in [0.2, 0.25) is 11.8 Å². The molecule has 2 rings (SSSR count). The third kappa shape index (κ3) is 6.50. The van der Waals surface area contributed by atoms with Crippen LogP contribution in [0.3, 0.4) is 0 Å². The third-order valence-electron chi connectivity index (χ3n) is 3.65. The zero-order valence-electron chi connectivity index (χ0n) is 15.0. The van der Waals surface area contributed by atoms with E-state index in [0.29, 0.717) is 0 Å². The van der Waals surface area contributed by atoms with Crippen molar-refractivity contribution in [1.82, 2.24) is 4.90 Å². The Labute approximate surface area is 164 Å². The second-order valence-corrected chi connectivity index (χ2v) is 6.67. The summed E-state index contributed by atoms with van der Waals surface area (Å²) < 4.78 is 44.1. The Kier molecular flexibility index (Phi) is 7.77. The average Bonchev–Trinajstić information content (AvgIpc) is 3.16. The topological polar surface area (TPSA) is 58.6 Å². The molecule has 0 fully saturated rings. The number of rotatable bonds is 8. The van der Waals surface area contributed by atoms with Crippen molar-refractivity contribution in [2.45, 2.75) is 6.18 Å². The molecule has 2 amide bonds. The summed E-state index contributed by atoms with van der Waals surface area (Å²) in [5, 5.41) is 4.09. The van der Waals surface area contributed by atoms with Crippen molar-refractivity contribution in [3.63, 3.8) is 0 Å². The predicted octanol–water partition coefficient (Wildman–Crippen LogP) is 3.89. The van der Waals surface area contributed by atoms with Gasteiger partial charge in [0, 0.05) is 24.6 Å². The number of nitrogens with one attached hydrogen (secondary N) is 1. The molecule has 1 aromatic heterocycles. The van der Waals surface area contributed by atoms with E-state index in [0.717, 1.165) is 10.9 Å². The molecule has 1 heterocycles. The van der Waals surface area contributed by atoms with Gasteiger partial charge in [0.15, 0.2) is 0 Å². The Morgan fingerprint density at radius 1 is 1.21 bits per heavy atom. The molecule has 0 aliphatic carbocycles. The highest BCUT2D eigenvalue weighted by Crippen LogP contribution is 2.34. The second kappa shape index (κ2) is 10.0. The fourth-order valence-electron chi connectivity index (χ4n) is 2.32. The summed E-state index contributed by atoms with van der Waals surface area (Å²) in [5.41, 5.74) is -1.30. The van der Waals surface area contributed by atoms with Gasteiger partial charge in [0.25, 0.3) is 0 Å². The fraction of sp³-hybridized carbons (Fsp3) is 0.263. The molecule has 1 N–H and O–H groups in total. The van der Waals surface area contributed by atoms with E-state index in [9.17, 15) is 22.8 Å². The van der Waals surface area contributed by atoms with Crippen LogP contribution in [0, 0.1) is 0 Å². The lowest BCUT2D eigenvalue weighted by Gasteiger charge is -2.21. The van der Waals surface area contributed by atoms with Crippen LogP contribution in [0.25, 0.3) is 6.08 Å². The highest BCUT2D eigenvalue weighted by Gasteiger charge is 2.33. The van der Waals surface area contributed by atoms with E-state index in [-0.39, 0.29) is 18.8 Å². The lowest BCUT2D eigenvalue weighted by Crippen LogP contribution is -2.39. The van der Waals surface area contributed by atoms with E-state index < -0.39 is 30.1 Å². The minimum atomic E-state index is -4.60. The van der Waals surface area contributed by atoms with Gasteiger partial charge >= 0.3 is 6.18 Å². The van der Waals surface area contributed by atoms with Gasteiger partial charge in [-0.2, -0.15) is 13.2 Å². The number of thiophene rings is 1. The number of nitrogens with zero attached hydrogens (tertiary/aromatic N) is 1. The first-order chi connectivity index (χ1) is 13.3. The maximum Gasteiger partial charge on any atom is 0.418 e. The van der Waals surface area contributed by atoms with Gasteiger partial charge in [-0.25, -0.2) is 0 Å². The average molecular weight is 412 g/mol. The lowest BCUT2D eigenvalue weighted by molar-refractivity contribution is -0.137. The molecule has 28 heavy (non-hydrogen) atoms. The van der Waals surface area contributed by atoms with Crippen LogP contribution in [-0.2, 0) is 20.5 Å². The van der Waals surface area contributed by atoms with E-state index in [1.54, 1.807) is 6.08 Å². The van der Waals surface area contributed by atoms with Gasteiger partial charge in [-0.15, -0.1) is 11.3 Å². The lowest BCUT2D eigenvalue weighted by atomic mass is 10.1. The number of carbonyl (C=O) groups is 2. The van der Waals surface area contributed by atoms with Gasteiger partial charge in [-0.1, -0.05) is 18.2 Å². The van der Waals surface area contributed by atoms with E-state index in [1.807, 2.05) is 17.5 Å². The molecule has 0 unspecified atom stereocenters. The number of alkyl halides is 3. The van der Waals surface area contributed by atoms with Gasteiger partial charge < -0.3 is 15.0 Å². The Bertz CT molecular complexity index is 820. The Morgan fingerprint density at radius 2 is 1.96 bits per heavy atom. The number of anilines is 1. The Balaban J connectivity index is 2.07. The van der Waals surface area contributed by atoms with Crippen molar-refractivity contribution in [1.29, 1.82) is 0 Å². The molecular weight excluding hydrogens is 393 g/mol. The summed E-state index contributed by atoms with van der Waals surface area (Å²) in [6.45, 7) is -0.0907. The predicted molar refractivity (Wildman–Crippen MR) is 102 cm³/mol. The van der Waals surface area contributed by atoms with Gasteiger partial charge in [-0.05, 0) is 29.7 Å². The smallest absolute Gasteiger partial charge is 0.383 e. The van der Waals surface area contributed by atoms with Crippen molar-refractivity contribution < 1.29 is 27.5 Å². The van der Waals surface area contributed by atoms with Crippen molar-refractivity contribution in [3.8, 4) is 0 Å². The number of benzene rings is 1. The minimum Gasteiger partial charge on any atom is -0.383 e. The molecule has 0 radical (unpaired) electrons. The highest BCUT2D eigenvalue weighted by atomic mass is 32.1. The molecule has 0 spiro atoms. The summed E-state index contributed by atoms with van der Waals surface area (Å²) in [4.78, 5) is 26.7. The first kappa shape index (κ1) is 21.6. The van der Waals surface area contributed by atoms with Gasteiger partial charge in [0.1, 0.15) is 6.54 Å². The van der Waals surface area contributed by atoms with Crippen molar-refractivity contribution >= 4 is 34.9 Å². The summed E-state index contributed by atoms with van der Waals surface area (Å²) >= 11 is 1.45. The number of carbonyl (C=O) groups excluding carboxylic acids is 2. The van der Waals surface area contributed by atoms with Crippen molar-refractivity contribution in [2.75, 3.05) is 32.1 Å². The molecule has 0 bridgehead atoms. The summed E-state index contributed by atoms with van der Waals surface area (Å²) in [6.07, 6.45) is -1.67. The molecule has 2 aromatic rings. The molecule has 0 saturated carbocycles. The summed E-state index contributed by atoms with van der Waals surface area (Å²) in [7, 11) is 1.45. The SMILES string of the molecule is COCCN(CC(=O)Nc1ccccc1C(F)(F)F)C(=O)C=Cc1cccs1. The van der Waals surface area contributed by atoms with Crippen LogP contribution in [0.4, 0.5) is 18.9 Å². The second-order valence-electron chi connectivity index (χ2n) is 5.69. The number of para-hydroxylation sites is 1. The van der Waals surface area contributed by atoms with Crippen molar-refractivity contribution in [3.05, 3.63) is 58.3 Å². The zero-order valence-corrected chi connectivity index (χ0v) is 15.8. The number of hydrogen-bond acceptors (Lipinski definition) is 4. The van der Waals surface area contributed by atoms with E-state index in [2.05, 4.69) is 5.32 Å². The first-order valence-corrected chi connectivity index (χ1v) is 9.14. The number of methoxy groups -OCH3 is 1. The molecular formula is C19H19F3N2O3S. The quantitative estimate of drug-likeness (QED) is 0.669. The normalized spacial score (nSPS) is 11.6. The molecule has 0 aliphatic heterocycles. The largest absolute Gasteiger partial charge is 0.418 e. The van der Waals surface area contributed by atoms with Crippen LogP contribution in [0.5, 0.6) is 0 Å².